The SMILES string of the molecule is O=C(C=CNc1nc(Oc2ccc([N+](=O)[O-])cc2)cs1)C(F)(F)F. The van der Waals surface area contributed by atoms with Crippen LogP contribution in [0, 0.1) is 10.1 Å². The number of ether oxygens (including phenoxy) is 1. The zero-order valence-electron chi connectivity index (χ0n) is 11.6. The van der Waals surface area contributed by atoms with Crippen molar-refractivity contribution >= 4 is 27.9 Å². The highest BCUT2D eigenvalue weighted by Crippen LogP contribution is 2.27. The third-order valence-electron chi connectivity index (χ3n) is 2.47. The fraction of sp³-hybridized carbons (Fsp3) is 0.0769. The van der Waals surface area contributed by atoms with E-state index in [9.17, 15) is 28.1 Å². The van der Waals surface area contributed by atoms with E-state index < -0.39 is 16.9 Å². The lowest BCUT2D eigenvalue weighted by atomic mass is 10.3. The molecule has 0 unspecified atom stereocenters. The van der Waals surface area contributed by atoms with Crippen LogP contribution in [0.2, 0.25) is 0 Å². The highest BCUT2D eigenvalue weighted by Gasteiger charge is 2.36. The van der Waals surface area contributed by atoms with Gasteiger partial charge in [-0.05, 0) is 12.1 Å². The summed E-state index contributed by atoms with van der Waals surface area (Å²) in [6.45, 7) is 0. The fourth-order valence-corrected chi connectivity index (χ4v) is 2.00. The molecule has 24 heavy (non-hydrogen) atoms. The predicted octanol–water partition coefficient (Wildman–Crippen LogP) is 3.90. The van der Waals surface area contributed by atoms with Crippen molar-refractivity contribution in [1.29, 1.82) is 0 Å². The lowest BCUT2D eigenvalue weighted by Crippen LogP contribution is -2.20. The number of ketones is 1. The van der Waals surface area contributed by atoms with Crippen molar-refractivity contribution < 1.29 is 27.6 Å². The van der Waals surface area contributed by atoms with Crippen LogP contribution in [0.4, 0.5) is 24.0 Å². The third-order valence-corrected chi connectivity index (χ3v) is 3.23. The van der Waals surface area contributed by atoms with Crippen LogP contribution in [0.3, 0.4) is 0 Å². The van der Waals surface area contributed by atoms with Gasteiger partial charge in [-0.1, -0.05) is 0 Å². The van der Waals surface area contributed by atoms with Gasteiger partial charge in [-0.2, -0.15) is 18.2 Å². The standard InChI is InChI=1S/C13H8F3N3O4S/c14-13(15,16)10(20)5-6-17-12-18-11(7-24-12)23-9-3-1-8(2-4-9)19(21)22/h1-7H,(H,17,18). The summed E-state index contributed by atoms with van der Waals surface area (Å²) in [7, 11) is 0. The Balaban J connectivity index is 1.94. The number of halogens is 3. The molecule has 0 bridgehead atoms. The molecule has 0 aliphatic heterocycles. The van der Waals surface area contributed by atoms with E-state index in [-0.39, 0.29) is 16.7 Å². The number of nitro benzene ring substituents is 1. The van der Waals surface area contributed by atoms with Crippen LogP contribution in [0.5, 0.6) is 11.6 Å². The third kappa shape index (κ3) is 4.78. The summed E-state index contributed by atoms with van der Waals surface area (Å²) >= 11 is 1.04. The van der Waals surface area contributed by atoms with Crippen LogP contribution < -0.4 is 10.1 Å². The summed E-state index contributed by atoms with van der Waals surface area (Å²) < 4.78 is 41.3. The molecular formula is C13H8F3N3O4S. The quantitative estimate of drug-likeness (QED) is 0.477. The maximum Gasteiger partial charge on any atom is 0.454 e. The van der Waals surface area contributed by atoms with Crippen molar-refractivity contribution in [3.8, 4) is 11.6 Å². The lowest BCUT2D eigenvalue weighted by Gasteiger charge is -2.01. The largest absolute Gasteiger partial charge is 0.454 e. The minimum absolute atomic E-state index is 0.0950. The zero-order valence-corrected chi connectivity index (χ0v) is 12.4. The molecule has 0 spiro atoms. The molecule has 1 aromatic heterocycles. The molecule has 0 fully saturated rings. The molecular weight excluding hydrogens is 351 g/mol. The predicted molar refractivity (Wildman–Crippen MR) is 79.1 cm³/mol. The van der Waals surface area contributed by atoms with E-state index >= 15 is 0 Å². The number of anilines is 1. The summed E-state index contributed by atoms with van der Waals surface area (Å²) in [5, 5.41) is 14.6. The number of nitrogens with zero attached hydrogens (tertiary/aromatic N) is 2. The van der Waals surface area contributed by atoms with E-state index in [4.69, 9.17) is 4.74 Å². The second-order valence-electron chi connectivity index (χ2n) is 4.18. The van der Waals surface area contributed by atoms with Crippen LogP contribution in [-0.2, 0) is 4.79 Å². The normalized spacial score (nSPS) is 11.5. The number of nitrogens with one attached hydrogen (secondary N) is 1. The number of nitro groups is 1. The molecule has 0 saturated heterocycles. The van der Waals surface area contributed by atoms with Gasteiger partial charge in [-0.25, -0.2) is 0 Å². The second kappa shape index (κ2) is 7.08. The summed E-state index contributed by atoms with van der Waals surface area (Å²) in [5.41, 5.74) is -0.0950. The minimum Gasteiger partial charge on any atom is -0.438 e. The van der Waals surface area contributed by atoms with E-state index in [0.717, 1.165) is 17.5 Å². The van der Waals surface area contributed by atoms with Gasteiger partial charge in [0, 0.05) is 24.4 Å². The van der Waals surface area contributed by atoms with Gasteiger partial charge >= 0.3 is 6.18 Å². The Morgan fingerprint density at radius 1 is 1.33 bits per heavy atom. The molecule has 2 rings (SSSR count). The fourth-order valence-electron chi connectivity index (χ4n) is 1.41. The first-order valence-electron chi connectivity index (χ1n) is 6.18. The first-order chi connectivity index (χ1) is 11.3. The number of allylic oxidation sites excluding steroid dienone is 1. The first kappa shape index (κ1) is 17.4. The summed E-state index contributed by atoms with van der Waals surface area (Å²) in [5.74, 6) is -1.54. The van der Waals surface area contributed by atoms with Gasteiger partial charge in [-0.3, -0.25) is 14.9 Å². The first-order valence-corrected chi connectivity index (χ1v) is 7.06. The molecule has 0 saturated carbocycles. The van der Waals surface area contributed by atoms with Crippen LogP contribution in [0.25, 0.3) is 0 Å². The van der Waals surface area contributed by atoms with E-state index in [2.05, 4.69) is 10.3 Å². The number of non-ortho nitro benzene ring substituents is 1. The van der Waals surface area contributed by atoms with Gasteiger partial charge < -0.3 is 10.1 Å². The van der Waals surface area contributed by atoms with Crippen LogP contribution in [-0.4, -0.2) is 21.9 Å². The second-order valence-corrected chi connectivity index (χ2v) is 5.04. The molecule has 1 aromatic carbocycles. The highest BCUT2D eigenvalue weighted by atomic mass is 32.1. The number of hydrogen-bond donors (Lipinski definition) is 1. The van der Waals surface area contributed by atoms with Gasteiger partial charge in [0.2, 0.25) is 5.88 Å². The average molecular weight is 359 g/mol. The Kier molecular flexibility index (Phi) is 5.14. The van der Waals surface area contributed by atoms with Gasteiger partial charge in [0.05, 0.1) is 10.3 Å². The summed E-state index contributed by atoms with van der Waals surface area (Å²) in [6, 6.07) is 5.28. The molecule has 0 aliphatic rings. The molecule has 7 nitrogen and oxygen atoms in total. The Hall–Kier alpha value is -2.95. The van der Waals surface area contributed by atoms with Gasteiger partial charge in [0.1, 0.15) is 5.75 Å². The van der Waals surface area contributed by atoms with Gasteiger partial charge in [0.15, 0.2) is 5.13 Å². The summed E-state index contributed by atoms with van der Waals surface area (Å²) in [4.78, 5) is 24.5. The van der Waals surface area contributed by atoms with E-state index in [1.165, 1.54) is 29.6 Å². The average Bonchev–Trinajstić information content (AvgIpc) is 2.94. The zero-order chi connectivity index (χ0) is 17.7. The van der Waals surface area contributed by atoms with Crippen molar-refractivity contribution in [3.05, 3.63) is 52.0 Å². The number of alkyl halides is 3. The Morgan fingerprint density at radius 3 is 2.58 bits per heavy atom. The van der Waals surface area contributed by atoms with E-state index in [0.29, 0.717) is 11.8 Å². The van der Waals surface area contributed by atoms with Crippen molar-refractivity contribution in [2.24, 2.45) is 0 Å². The number of aromatic nitrogens is 1. The maximum absolute atomic E-state index is 12.0. The van der Waals surface area contributed by atoms with Crippen molar-refractivity contribution in [2.75, 3.05) is 5.32 Å². The molecule has 0 radical (unpaired) electrons. The molecule has 1 N–H and O–H groups in total. The number of thiazole rings is 1. The van der Waals surface area contributed by atoms with Crippen molar-refractivity contribution in [2.45, 2.75) is 6.18 Å². The van der Waals surface area contributed by atoms with Gasteiger partial charge in [0.25, 0.3) is 11.5 Å². The molecule has 126 valence electrons. The lowest BCUT2D eigenvalue weighted by molar-refractivity contribution is -0.384. The topological polar surface area (TPSA) is 94.4 Å². The van der Waals surface area contributed by atoms with Crippen molar-refractivity contribution in [3.63, 3.8) is 0 Å². The monoisotopic (exact) mass is 359 g/mol. The van der Waals surface area contributed by atoms with Crippen LogP contribution >= 0.6 is 11.3 Å². The highest BCUT2D eigenvalue weighted by molar-refractivity contribution is 7.13. The molecule has 2 aromatic rings. The van der Waals surface area contributed by atoms with Crippen LogP contribution in [0.1, 0.15) is 0 Å². The molecule has 0 amide bonds. The smallest absolute Gasteiger partial charge is 0.438 e. The number of carbonyl (C=O) groups excluding carboxylic acids is 1. The number of hydrogen-bond acceptors (Lipinski definition) is 7. The van der Waals surface area contributed by atoms with Gasteiger partial charge in [-0.15, -0.1) is 11.3 Å². The minimum atomic E-state index is -4.93. The maximum atomic E-state index is 12.0. The molecule has 1 heterocycles. The van der Waals surface area contributed by atoms with E-state index in [1.807, 2.05) is 0 Å². The van der Waals surface area contributed by atoms with Crippen molar-refractivity contribution in [1.82, 2.24) is 4.98 Å². The van der Waals surface area contributed by atoms with E-state index in [1.54, 1.807) is 0 Å². The van der Waals surface area contributed by atoms with Crippen LogP contribution in [0.15, 0.2) is 41.9 Å². The number of rotatable bonds is 6. The Bertz CT molecular complexity index is 772. The number of carbonyl (C=O) groups is 1. The molecule has 11 heteroatoms. The Morgan fingerprint density at radius 2 is 2.00 bits per heavy atom. The Labute approximate surface area is 136 Å². The number of benzene rings is 1. The summed E-state index contributed by atoms with van der Waals surface area (Å²) in [6.07, 6.45) is -3.76. The molecule has 0 atom stereocenters. The molecule has 0 aliphatic carbocycles.